The summed E-state index contributed by atoms with van der Waals surface area (Å²) in [6, 6.07) is 8.77. The smallest absolute Gasteiger partial charge is 0.237 e. The van der Waals surface area contributed by atoms with Crippen molar-refractivity contribution in [3.05, 3.63) is 40.7 Å². The number of hydrogen-bond acceptors (Lipinski definition) is 4. The van der Waals surface area contributed by atoms with Crippen LogP contribution in [0.1, 0.15) is 43.5 Å². The fourth-order valence-corrected chi connectivity index (χ4v) is 3.97. The van der Waals surface area contributed by atoms with Crippen LogP contribution >= 0.6 is 11.3 Å². The Hall–Kier alpha value is -1.55. The molecular weight excluding hydrogens is 280 g/mol. The Bertz CT molecular complexity index is 550. The first-order valence-corrected chi connectivity index (χ1v) is 8.64. The van der Waals surface area contributed by atoms with Gasteiger partial charge in [-0.15, -0.1) is 11.3 Å². The van der Waals surface area contributed by atoms with Crippen LogP contribution in [0.3, 0.4) is 0 Å². The Morgan fingerprint density at radius 3 is 2.90 bits per heavy atom. The summed E-state index contributed by atoms with van der Waals surface area (Å²) in [4.78, 5) is 5.76. The number of aromatic nitrogens is 1. The standard InChI is InChI=1S/C17H22N2OS/c1-2-20-17-14(9-5-11-18-17)19-16(13-7-3-4-8-13)15-10-6-12-21-15/h5-6,9-13,16,19H,2-4,7-8H2,1H3. The monoisotopic (exact) mass is 302 g/mol. The van der Waals surface area contributed by atoms with Gasteiger partial charge in [0.2, 0.25) is 5.88 Å². The summed E-state index contributed by atoms with van der Waals surface area (Å²) in [5, 5.41) is 5.86. The quantitative estimate of drug-likeness (QED) is 0.825. The second-order valence-corrected chi connectivity index (χ2v) is 6.45. The molecule has 1 aliphatic carbocycles. The van der Waals surface area contributed by atoms with Gasteiger partial charge in [-0.05, 0) is 49.3 Å². The van der Waals surface area contributed by atoms with E-state index in [1.807, 2.05) is 24.3 Å². The van der Waals surface area contributed by atoms with Crippen LogP contribution in [-0.2, 0) is 0 Å². The highest BCUT2D eigenvalue weighted by Gasteiger charge is 2.27. The van der Waals surface area contributed by atoms with Crippen LogP contribution in [0, 0.1) is 5.92 Å². The minimum absolute atomic E-state index is 0.371. The minimum Gasteiger partial charge on any atom is -0.476 e. The van der Waals surface area contributed by atoms with E-state index in [4.69, 9.17) is 4.74 Å². The first kappa shape index (κ1) is 14.4. The van der Waals surface area contributed by atoms with E-state index in [-0.39, 0.29) is 0 Å². The molecule has 1 N–H and O–H groups in total. The van der Waals surface area contributed by atoms with Crippen molar-refractivity contribution in [1.82, 2.24) is 4.98 Å². The summed E-state index contributed by atoms with van der Waals surface area (Å²) in [5.74, 6) is 1.41. The molecule has 1 aliphatic rings. The van der Waals surface area contributed by atoms with Gasteiger partial charge in [0.25, 0.3) is 0 Å². The molecule has 3 rings (SSSR count). The lowest BCUT2D eigenvalue weighted by molar-refractivity contribution is 0.327. The second-order valence-electron chi connectivity index (χ2n) is 5.47. The van der Waals surface area contributed by atoms with Gasteiger partial charge in [0.15, 0.2) is 0 Å². The Morgan fingerprint density at radius 1 is 1.33 bits per heavy atom. The lowest BCUT2D eigenvalue weighted by atomic mass is 9.96. The average Bonchev–Trinajstić information content (AvgIpc) is 3.20. The van der Waals surface area contributed by atoms with Crippen molar-refractivity contribution in [1.29, 1.82) is 0 Å². The van der Waals surface area contributed by atoms with Gasteiger partial charge < -0.3 is 10.1 Å². The SMILES string of the molecule is CCOc1ncccc1NC(c1cccs1)C1CCCC1. The van der Waals surface area contributed by atoms with Crippen molar-refractivity contribution in [3.8, 4) is 5.88 Å². The zero-order valence-electron chi connectivity index (χ0n) is 12.4. The predicted octanol–water partition coefficient (Wildman–Crippen LogP) is 4.89. The Morgan fingerprint density at radius 2 is 2.19 bits per heavy atom. The first-order valence-electron chi connectivity index (χ1n) is 7.76. The number of pyridine rings is 1. The molecule has 0 radical (unpaired) electrons. The second kappa shape index (κ2) is 6.94. The molecule has 0 bridgehead atoms. The van der Waals surface area contributed by atoms with Gasteiger partial charge in [0.05, 0.1) is 18.3 Å². The Kier molecular flexibility index (Phi) is 4.76. The summed E-state index contributed by atoms with van der Waals surface area (Å²) < 4.78 is 5.65. The molecule has 2 heterocycles. The number of ether oxygens (including phenoxy) is 1. The van der Waals surface area contributed by atoms with Crippen LogP contribution in [0.15, 0.2) is 35.8 Å². The van der Waals surface area contributed by atoms with E-state index in [0.717, 1.165) is 5.69 Å². The summed E-state index contributed by atoms with van der Waals surface area (Å²) in [6.45, 7) is 2.63. The van der Waals surface area contributed by atoms with E-state index in [0.29, 0.717) is 24.4 Å². The highest BCUT2D eigenvalue weighted by Crippen LogP contribution is 2.40. The lowest BCUT2D eigenvalue weighted by Gasteiger charge is -2.25. The Labute approximate surface area is 130 Å². The maximum absolute atomic E-state index is 5.65. The van der Waals surface area contributed by atoms with E-state index in [1.165, 1.54) is 30.6 Å². The zero-order chi connectivity index (χ0) is 14.5. The van der Waals surface area contributed by atoms with E-state index in [2.05, 4.69) is 33.9 Å². The molecule has 112 valence electrons. The van der Waals surface area contributed by atoms with Crippen LogP contribution in [0.5, 0.6) is 5.88 Å². The molecule has 1 atom stereocenters. The number of thiophene rings is 1. The van der Waals surface area contributed by atoms with Gasteiger partial charge >= 0.3 is 0 Å². The van der Waals surface area contributed by atoms with Crippen LogP contribution < -0.4 is 10.1 Å². The van der Waals surface area contributed by atoms with Crippen molar-refractivity contribution in [2.75, 3.05) is 11.9 Å². The van der Waals surface area contributed by atoms with Crippen LogP contribution in [0.2, 0.25) is 0 Å². The topological polar surface area (TPSA) is 34.1 Å². The molecule has 0 spiro atoms. The number of rotatable bonds is 6. The number of anilines is 1. The van der Waals surface area contributed by atoms with Crippen molar-refractivity contribution >= 4 is 17.0 Å². The minimum atomic E-state index is 0.371. The molecule has 2 aromatic heterocycles. The summed E-state index contributed by atoms with van der Waals surface area (Å²) in [5.41, 5.74) is 1.00. The van der Waals surface area contributed by atoms with E-state index >= 15 is 0 Å². The van der Waals surface area contributed by atoms with E-state index in [9.17, 15) is 0 Å². The molecule has 0 aromatic carbocycles. The van der Waals surface area contributed by atoms with Crippen LogP contribution in [0.4, 0.5) is 5.69 Å². The van der Waals surface area contributed by atoms with E-state index < -0.39 is 0 Å². The van der Waals surface area contributed by atoms with Gasteiger partial charge in [0, 0.05) is 11.1 Å². The molecule has 1 saturated carbocycles. The van der Waals surface area contributed by atoms with E-state index in [1.54, 1.807) is 6.20 Å². The third-order valence-corrected chi connectivity index (χ3v) is 5.04. The molecule has 21 heavy (non-hydrogen) atoms. The molecule has 3 nitrogen and oxygen atoms in total. The maximum Gasteiger partial charge on any atom is 0.237 e. The molecule has 4 heteroatoms. The van der Waals surface area contributed by atoms with Gasteiger partial charge in [-0.25, -0.2) is 4.98 Å². The van der Waals surface area contributed by atoms with Crippen molar-refractivity contribution < 1.29 is 4.74 Å². The molecule has 0 amide bonds. The van der Waals surface area contributed by atoms with Crippen LogP contribution in [0.25, 0.3) is 0 Å². The third kappa shape index (κ3) is 3.38. The number of nitrogens with one attached hydrogen (secondary N) is 1. The maximum atomic E-state index is 5.65. The summed E-state index contributed by atoms with van der Waals surface area (Å²) in [6.07, 6.45) is 7.09. The fraction of sp³-hybridized carbons (Fsp3) is 0.471. The average molecular weight is 302 g/mol. The summed E-state index contributed by atoms with van der Waals surface area (Å²) >= 11 is 1.83. The van der Waals surface area contributed by atoms with Gasteiger partial charge in [-0.2, -0.15) is 0 Å². The third-order valence-electron chi connectivity index (χ3n) is 4.08. The van der Waals surface area contributed by atoms with Crippen molar-refractivity contribution in [2.24, 2.45) is 5.92 Å². The molecule has 2 aromatic rings. The zero-order valence-corrected chi connectivity index (χ0v) is 13.2. The fourth-order valence-electron chi connectivity index (χ4n) is 3.10. The number of nitrogens with zero attached hydrogens (tertiary/aromatic N) is 1. The molecular formula is C17H22N2OS. The molecule has 0 aliphatic heterocycles. The van der Waals surface area contributed by atoms with Crippen molar-refractivity contribution in [2.45, 2.75) is 38.6 Å². The van der Waals surface area contributed by atoms with Gasteiger partial charge in [-0.1, -0.05) is 18.9 Å². The first-order chi connectivity index (χ1) is 10.4. The van der Waals surface area contributed by atoms with Crippen molar-refractivity contribution in [3.63, 3.8) is 0 Å². The number of hydrogen-bond donors (Lipinski definition) is 1. The molecule has 0 saturated heterocycles. The predicted molar refractivity (Wildman–Crippen MR) is 88.0 cm³/mol. The van der Waals surface area contributed by atoms with Gasteiger partial charge in [0.1, 0.15) is 0 Å². The normalized spacial score (nSPS) is 16.8. The largest absolute Gasteiger partial charge is 0.476 e. The Balaban J connectivity index is 1.84. The molecule has 1 fully saturated rings. The van der Waals surface area contributed by atoms with Gasteiger partial charge in [-0.3, -0.25) is 0 Å². The molecule has 1 unspecified atom stereocenters. The summed E-state index contributed by atoms with van der Waals surface area (Å²) in [7, 11) is 0. The highest BCUT2D eigenvalue weighted by molar-refractivity contribution is 7.10. The van der Waals surface area contributed by atoms with Crippen LogP contribution in [-0.4, -0.2) is 11.6 Å². The lowest BCUT2D eigenvalue weighted by Crippen LogP contribution is -2.18. The highest BCUT2D eigenvalue weighted by atomic mass is 32.1.